The highest BCUT2D eigenvalue weighted by atomic mass is 32.2. The minimum atomic E-state index is -4.00. The van der Waals surface area contributed by atoms with Gasteiger partial charge >= 0.3 is 0 Å². The molecule has 2 amide bonds. The van der Waals surface area contributed by atoms with E-state index in [1.54, 1.807) is 29.2 Å². The van der Waals surface area contributed by atoms with E-state index in [1.807, 2.05) is 30.3 Å². The molecule has 2 aliphatic heterocycles. The van der Waals surface area contributed by atoms with Crippen LogP contribution < -0.4 is 18.9 Å². The number of methoxy groups -OCH3 is 1. The van der Waals surface area contributed by atoms with Gasteiger partial charge in [0, 0.05) is 61.2 Å². The second kappa shape index (κ2) is 16.6. The maximum Gasteiger partial charge on any atom is 0.260 e. The highest BCUT2D eigenvalue weighted by Crippen LogP contribution is 2.29. The van der Waals surface area contributed by atoms with Gasteiger partial charge in [-0.3, -0.25) is 9.59 Å². The Morgan fingerprint density at radius 3 is 2.08 bits per heavy atom. The highest BCUT2D eigenvalue weighted by Gasteiger charge is 2.32. The van der Waals surface area contributed by atoms with Crippen molar-refractivity contribution in [2.45, 2.75) is 19.4 Å². The van der Waals surface area contributed by atoms with Crippen LogP contribution in [-0.2, 0) is 26.7 Å². The predicted molar refractivity (Wildman–Crippen MR) is 191 cm³/mol. The lowest BCUT2D eigenvalue weighted by molar-refractivity contribution is 0.0774. The van der Waals surface area contributed by atoms with E-state index < -0.39 is 31.8 Å². The number of benzene rings is 3. The van der Waals surface area contributed by atoms with Gasteiger partial charge in [-0.1, -0.05) is 36.9 Å². The van der Waals surface area contributed by atoms with Gasteiger partial charge in [0.1, 0.15) is 29.5 Å². The van der Waals surface area contributed by atoms with Gasteiger partial charge in [0.2, 0.25) is 20.0 Å². The van der Waals surface area contributed by atoms with Crippen molar-refractivity contribution in [2.24, 2.45) is 11.8 Å². The molecule has 2 N–H and O–H groups in total. The monoisotopic (exact) mass is 740 g/mol. The van der Waals surface area contributed by atoms with Gasteiger partial charge in [0.15, 0.2) is 0 Å². The summed E-state index contributed by atoms with van der Waals surface area (Å²) in [5.41, 5.74) is 1.06. The van der Waals surface area contributed by atoms with Crippen LogP contribution in [0, 0.1) is 17.7 Å². The van der Waals surface area contributed by atoms with Gasteiger partial charge < -0.3 is 19.3 Å². The number of carbonyl (C=O) groups excluding carboxylic acids is 2. The number of rotatable bonds is 15. The van der Waals surface area contributed by atoms with Crippen LogP contribution in [0.1, 0.15) is 44.7 Å². The van der Waals surface area contributed by atoms with Crippen molar-refractivity contribution in [3.05, 3.63) is 112 Å². The molecule has 0 saturated carbocycles. The van der Waals surface area contributed by atoms with E-state index in [4.69, 9.17) is 9.47 Å². The van der Waals surface area contributed by atoms with Crippen LogP contribution in [0.3, 0.4) is 0 Å². The number of nitrogens with one attached hydrogen (secondary N) is 2. The molecule has 2 atom stereocenters. The minimum absolute atomic E-state index is 0.0147. The topological polar surface area (TPSA) is 151 Å². The number of carbonyl (C=O) groups is 2. The highest BCUT2D eigenvalue weighted by molar-refractivity contribution is 7.92. The summed E-state index contributed by atoms with van der Waals surface area (Å²) in [5.74, 6) is -1.42. The molecule has 2 heterocycles. The summed E-state index contributed by atoms with van der Waals surface area (Å²) in [5, 5.41) is 1.64. The molecule has 0 unspecified atom stereocenters. The van der Waals surface area contributed by atoms with E-state index >= 15 is 4.39 Å². The first kappa shape index (κ1) is 37.7. The molecule has 3 aromatic carbocycles. The summed E-state index contributed by atoms with van der Waals surface area (Å²) in [6.07, 6.45) is 2.18. The van der Waals surface area contributed by atoms with E-state index in [9.17, 15) is 26.4 Å². The van der Waals surface area contributed by atoms with Crippen molar-refractivity contribution in [3.63, 3.8) is 0 Å². The molecular weight excluding hydrogens is 700 g/mol. The number of amides is 2. The van der Waals surface area contributed by atoms with E-state index in [1.165, 1.54) is 24.1 Å². The Morgan fingerprint density at radius 2 is 1.47 bits per heavy atom. The summed E-state index contributed by atoms with van der Waals surface area (Å²) >= 11 is 0. The van der Waals surface area contributed by atoms with E-state index in [0.717, 1.165) is 22.5 Å². The van der Waals surface area contributed by atoms with Gasteiger partial charge in [-0.15, -0.1) is 0 Å². The summed E-state index contributed by atoms with van der Waals surface area (Å²) in [6, 6.07) is 19.4. The fraction of sp³-hybridized carbons (Fsp3) is 0.333. The van der Waals surface area contributed by atoms with E-state index in [0.29, 0.717) is 43.9 Å². The van der Waals surface area contributed by atoms with Gasteiger partial charge in [0.25, 0.3) is 11.8 Å². The molecule has 0 bridgehead atoms. The molecule has 15 heteroatoms. The molecule has 0 spiro atoms. The van der Waals surface area contributed by atoms with Gasteiger partial charge in [-0.2, -0.15) is 0 Å². The number of halogens is 1. The van der Waals surface area contributed by atoms with E-state index in [-0.39, 0.29) is 60.8 Å². The Balaban J connectivity index is 1.14. The van der Waals surface area contributed by atoms with Gasteiger partial charge in [0.05, 0.1) is 7.11 Å². The Kier molecular flexibility index (Phi) is 12.3. The number of hydrogen-bond acceptors (Lipinski definition) is 8. The second-order valence-electron chi connectivity index (χ2n) is 12.4. The molecular formula is C36H41FN4O8S2. The first-order chi connectivity index (χ1) is 24.4. The molecule has 2 aliphatic rings. The molecule has 2 saturated heterocycles. The number of hydrogen-bond donors (Lipinski definition) is 2. The zero-order valence-corrected chi connectivity index (χ0v) is 29.8. The van der Waals surface area contributed by atoms with Gasteiger partial charge in [-0.05, 0) is 72.7 Å². The SMILES string of the molecule is C=CS(=O)(=O)NC[C@H]1CCN(C(=O)c2c(OC)ccc(/C=C/S(=O)(=O)NC[C@H]3CCN(C(=O)c4ccc(OCc5ccccc5)cc4)C3)c2F)C1. The first-order valence-electron chi connectivity index (χ1n) is 16.4. The number of likely N-dealkylation sites (tertiary alicyclic amines) is 2. The predicted octanol–water partition coefficient (Wildman–Crippen LogP) is 3.99. The fourth-order valence-electron chi connectivity index (χ4n) is 5.95. The number of sulfonamides is 2. The Labute approximate surface area is 298 Å². The third kappa shape index (κ3) is 10.0. The molecule has 0 radical (unpaired) electrons. The lowest BCUT2D eigenvalue weighted by atomic mass is 10.1. The zero-order valence-electron chi connectivity index (χ0n) is 28.2. The lowest BCUT2D eigenvalue weighted by Gasteiger charge is -2.19. The van der Waals surface area contributed by atoms with Crippen molar-refractivity contribution in [2.75, 3.05) is 46.4 Å². The normalized spacial score (nSPS) is 17.9. The quantitative estimate of drug-likeness (QED) is 0.238. The molecule has 272 valence electrons. The molecule has 5 rings (SSSR count). The average molecular weight is 741 g/mol. The Morgan fingerprint density at radius 1 is 0.863 bits per heavy atom. The third-order valence-electron chi connectivity index (χ3n) is 8.86. The molecule has 12 nitrogen and oxygen atoms in total. The summed E-state index contributed by atoms with van der Waals surface area (Å²) < 4.78 is 80.8. The Bertz CT molecular complexity index is 1970. The van der Waals surface area contributed by atoms with Crippen LogP contribution in [0.5, 0.6) is 11.5 Å². The van der Waals surface area contributed by atoms with E-state index in [2.05, 4.69) is 16.0 Å². The molecule has 2 fully saturated rings. The number of nitrogens with zero attached hydrogens (tertiary/aromatic N) is 2. The molecule has 0 aliphatic carbocycles. The fourth-order valence-corrected chi connectivity index (χ4v) is 7.43. The first-order valence-corrected chi connectivity index (χ1v) is 19.5. The maximum absolute atomic E-state index is 15.7. The van der Waals surface area contributed by atoms with Crippen LogP contribution in [0.2, 0.25) is 0 Å². The van der Waals surface area contributed by atoms with Crippen molar-refractivity contribution in [1.82, 2.24) is 19.2 Å². The second-order valence-corrected chi connectivity index (χ2v) is 15.8. The average Bonchev–Trinajstić information content (AvgIpc) is 3.82. The molecule has 3 aromatic rings. The smallest absolute Gasteiger partial charge is 0.260 e. The van der Waals surface area contributed by atoms with Crippen LogP contribution >= 0.6 is 0 Å². The molecule has 51 heavy (non-hydrogen) atoms. The lowest BCUT2D eigenvalue weighted by Crippen LogP contribution is -2.33. The molecule has 0 aromatic heterocycles. The van der Waals surface area contributed by atoms with Gasteiger partial charge in [-0.25, -0.2) is 30.7 Å². The van der Waals surface area contributed by atoms with Crippen molar-refractivity contribution < 1.29 is 40.3 Å². The van der Waals surface area contributed by atoms with Crippen molar-refractivity contribution in [3.8, 4) is 11.5 Å². The largest absolute Gasteiger partial charge is 0.496 e. The zero-order chi connectivity index (χ0) is 36.6. The number of ether oxygens (including phenoxy) is 2. The van der Waals surface area contributed by atoms with Crippen LogP contribution in [0.25, 0.3) is 6.08 Å². The maximum atomic E-state index is 15.7. The standard InChI is InChI=1S/C36H41FN4O8S2/c1-3-50(44,45)38-21-27-16-19-41(24-27)36(43)33-32(48-2)14-11-29(34(33)37)17-20-51(46,47)39-22-28-15-18-40(23-28)35(42)30-9-12-31(13-10-30)49-25-26-7-5-4-6-8-26/h3-14,17,20,27-28,38-39H,1,15-16,18-19,21-25H2,2H3/b20-17+/t27-,28-/m1/s1. The minimum Gasteiger partial charge on any atom is -0.496 e. The third-order valence-corrected chi connectivity index (χ3v) is 10.9. The van der Waals surface area contributed by atoms with Crippen LogP contribution in [0.4, 0.5) is 4.39 Å². The van der Waals surface area contributed by atoms with Crippen LogP contribution in [0.15, 0.2) is 84.1 Å². The summed E-state index contributed by atoms with van der Waals surface area (Å²) in [7, 11) is -6.33. The van der Waals surface area contributed by atoms with Crippen LogP contribution in [-0.4, -0.2) is 84.8 Å². The van der Waals surface area contributed by atoms with Crippen molar-refractivity contribution >= 4 is 37.9 Å². The summed E-state index contributed by atoms with van der Waals surface area (Å²) in [6.45, 7) is 5.16. The Hall–Kier alpha value is -4.57. The summed E-state index contributed by atoms with van der Waals surface area (Å²) in [4.78, 5) is 29.6. The van der Waals surface area contributed by atoms with Crippen molar-refractivity contribution in [1.29, 1.82) is 0 Å².